The Balaban J connectivity index is 1.89. The Kier molecular flexibility index (Phi) is 3.03. The molecule has 10 nitrogen and oxygen atoms in total. The zero-order valence-corrected chi connectivity index (χ0v) is 10.9. The Morgan fingerprint density at radius 3 is 2.90 bits per heavy atom. The summed E-state index contributed by atoms with van der Waals surface area (Å²) in [5.74, 6) is -0.583. The van der Waals surface area contributed by atoms with Crippen LogP contribution in [0.15, 0.2) is 29.2 Å². The first-order valence-corrected chi connectivity index (χ1v) is 5.88. The molecule has 1 amide bonds. The first-order chi connectivity index (χ1) is 10.1. The summed E-state index contributed by atoms with van der Waals surface area (Å²) >= 11 is 0. The lowest BCUT2D eigenvalue weighted by atomic mass is 10.2. The molecule has 3 rings (SSSR count). The molecule has 2 heterocycles. The number of benzene rings is 1. The molecule has 0 unspecified atom stereocenters. The van der Waals surface area contributed by atoms with E-state index in [0.717, 1.165) is 11.3 Å². The zero-order valence-electron chi connectivity index (χ0n) is 10.9. The largest absolute Gasteiger partial charge is 0.379 e. The summed E-state index contributed by atoms with van der Waals surface area (Å²) in [4.78, 5) is 12.0. The highest BCUT2D eigenvalue weighted by atomic mass is 16.6. The minimum absolute atomic E-state index is 0.0692. The van der Waals surface area contributed by atoms with Crippen LogP contribution >= 0.6 is 0 Å². The molecule has 0 atom stereocenters. The summed E-state index contributed by atoms with van der Waals surface area (Å²) in [7, 11) is 0. The van der Waals surface area contributed by atoms with Gasteiger partial charge >= 0.3 is 0 Å². The van der Waals surface area contributed by atoms with Gasteiger partial charge in [0, 0.05) is 5.69 Å². The van der Waals surface area contributed by atoms with Crippen LogP contribution < -0.4 is 11.1 Å². The summed E-state index contributed by atoms with van der Waals surface area (Å²) in [6.07, 6.45) is 1.47. The van der Waals surface area contributed by atoms with Crippen molar-refractivity contribution in [2.45, 2.75) is 6.92 Å². The number of aromatic nitrogens is 6. The maximum atomic E-state index is 12.0. The molecular formula is C11H10N8O2. The van der Waals surface area contributed by atoms with E-state index < -0.39 is 5.91 Å². The fourth-order valence-electron chi connectivity index (χ4n) is 1.75. The fraction of sp³-hybridized carbons (Fsp3) is 0.0909. The Morgan fingerprint density at radius 2 is 2.24 bits per heavy atom. The summed E-state index contributed by atoms with van der Waals surface area (Å²) in [5, 5.41) is 20.4. The minimum atomic E-state index is -0.514. The standard InChI is InChI=1S/C11H10N8O2/c1-6-2-3-7(4-8(6)19-5-13-17-18-19)14-11(20)9-10(12)16-21-15-9/h2-5H,1H3,(H2,12,16)(H,14,20). The maximum Gasteiger partial charge on any atom is 0.281 e. The number of anilines is 2. The molecule has 10 heteroatoms. The quantitative estimate of drug-likeness (QED) is 0.695. The van der Waals surface area contributed by atoms with E-state index in [1.807, 2.05) is 13.0 Å². The molecule has 0 radical (unpaired) electrons. The van der Waals surface area contributed by atoms with Gasteiger partial charge in [-0.05, 0) is 45.4 Å². The van der Waals surface area contributed by atoms with Gasteiger partial charge in [0.1, 0.15) is 6.33 Å². The molecule has 0 fully saturated rings. The van der Waals surface area contributed by atoms with E-state index in [0.29, 0.717) is 5.69 Å². The zero-order chi connectivity index (χ0) is 14.8. The highest BCUT2D eigenvalue weighted by molar-refractivity contribution is 6.05. The molecule has 3 N–H and O–H groups in total. The normalized spacial score (nSPS) is 10.5. The fourth-order valence-corrected chi connectivity index (χ4v) is 1.75. The lowest BCUT2D eigenvalue weighted by molar-refractivity contribution is 0.101. The molecule has 21 heavy (non-hydrogen) atoms. The van der Waals surface area contributed by atoms with Crippen molar-refractivity contribution in [2.24, 2.45) is 0 Å². The smallest absolute Gasteiger partial charge is 0.281 e. The van der Waals surface area contributed by atoms with Gasteiger partial charge in [0.2, 0.25) is 11.5 Å². The van der Waals surface area contributed by atoms with Gasteiger partial charge in [0.25, 0.3) is 5.91 Å². The average Bonchev–Trinajstić information content (AvgIpc) is 3.12. The average molecular weight is 286 g/mol. The van der Waals surface area contributed by atoms with E-state index in [9.17, 15) is 4.79 Å². The molecule has 0 spiro atoms. The number of amides is 1. The monoisotopic (exact) mass is 286 g/mol. The molecule has 3 aromatic rings. The van der Waals surface area contributed by atoms with Crippen LogP contribution in [0.2, 0.25) is 0 Å². The number of hydrogen-bond acceptors (Lipinski definition) is 8. The van der Waals surface area contributed by atoms with Crippen molar-refractivity contribution in [3.63, 3.8) is 0 Å². The predicted octanol–water partition coefficient (Wildman–Crippen LogP) is 0.188. The van der Waals surface area contributed by atoms with Crippen LogP contribution in [-0.2, 0) is 0 Å². The number of aryl methyl sites for hydroxylation is 1. The SMILES string of the molecule is Cc1ccc(NC(=O)c2nonc2N)cc1-n1cnnn1. The summed E-state index contributed by atoms with van der Waals surface area (Å²) in [5.41, 5.74) is 7.62. The van der Waals surface area contributed by atoms with Crippen molar-refractivity contribution < 1.29 is 9.42 Å². The van der Waals surface area contributed by atoms with E-state index in [-0.39, 0.29) is 11.5 Å². The van der Waals surface area contributed by atoms with E-state index in [4.69, 9.17) is 5.73 Å². The molecule has 0 aliphatic heterocycles. The van der Waals surface area contributed by atoms with Crippen LogP contribution in [0.25, 0.3) is 5.69 Å². The van der Waals surface area contributed by atoms with Crippen LogP contribution in [0.1, 0.15) is 16.1 Å². The highest BCUT2D eigenvalue weighted by Gasteiger charge is 2.16. The number of nitrogens with two attached hydrogens (primary N) is 1. The second-order valence-electron chi connectivity index (χ2n) is 4.21. The van der Waals surface area contributed by atoms with E-state index in [1.54, 1.807) is 12.1 Å². The molecule has 1 aromatic carbocycles. The summed E-state index contributed by atoms with van der Waals surface area (Å²) in [6.45, 7) is 1.90. The number of nitrogen functional groups attached to an aromatic ring is 1. The van der Waals surface area contributed by atoms with Crippen LogP contribution in [-0.4, -0.2) is 36.4 Å². The number of tetrazole rings is 1. The lowest BCUT2D eigenvalue weighted by Gasteiger charge is -2.08. The number of carbonyl (C=O) groups excluding carboxylic acids is 1. The predicted molar refractivity (Wildman–Crippen MR) is 70.6 cm³/mol. The van der Waals surface area contributed by atoms with Gasteiger partial charge in [-0.3, -0.25) is 4.79 Å². The molecule has 0 bridgehead atoms. The van der Waals surface area contributed by atoms with E-state index in [2.05, 4.69) is 35.8 Å². The third kappa shape index (κ3) is 2.41. The third-order valence-corrected chi connectivity index (χ3v) is 2.79. The molecule has 0 saturated carbocycles. The van der Waals surface area contributed by atoms with Crippen LogP contribution in [0.4, 0.5) is 11.5 Å². The van der Waals surface area contributed by atoms with Gasteiger partial charge < -0.3 is 11.1 Å². The molecule has 2 aromatic heterocycles. The Labute approximate surface area is 117 Å². The van der Waals surface area contributed by atoms with Gasteiger partial charge in [-0.1, -0.05) is 6.07 Å². The van der Waals surface area contributed by atoms with Crippen molar-refractivity contribution in [3.05, 3.63) is 35.8 Å². The van der Waals surface area contributed by atoms with Crippen LogP contribution in [0.3, 0.4) is 0 Å². The van der Waals surface area contributed by atoms with Gasteiger partial charge in [0.15, 0.2) is 0 Å². The highest BCUT2D eigenvalue weighted by Crippen LogP contribution is 2.19. The molecule has 0 aliphatic carbocycles. The first kappa shape index (κ1) is 12.7. The number of hydrogen-bond donors (Lipinski definition) is 2. The Morgan fingerprint density at radius 1 is 1.38 bits per heavy atom. The van der Waals surface area contributed by atoms with Crippen molar-refractivity contribution in [3.8, 4) is 5.69 Å². The first-order valence-electron chi connectivity index (χ1n) is 5.88. The van der Waals surface area contributed by atoms with E-state index >= 15 is 0 Å². The number of nitrogens with one attached hydrogen (secondary N) is 1. The Hall–Kier alpha value is -3.30. The van der Waals surface area contributed by atoms with Crippen LogP contribution in [0, 0.1) is 6.92 Å². The lowest BCUT2D eigenvalue weighted by Crippen LogP contribution is -2.14. The van der Waals surface area contributed by atoms with Crippen molar-refractivity contribution >= 4 is 17.4 Å². The number of nitrogens with zero attached hydrogens (tertiary/aromatic N) is 6. The van der Waals surface area contributed by atoms with Crippen molar-refractivity contribution in [2.75, 3.05) is 11.1 Å². The van der Waals surface area contributed by atoms with Gasteiger partial charge in [0.05, 0.1) is 5.69 Å². The molecule has 106 valence electrons. The molecular weight excluding hydrogens is 276 g/mol. The maximum absolute atomic E-state index is 12.0. The number of carbonyl (C=O) groups is 1. The third-order valence-electron chi connectivity index (χ3n) is 2.79. The second kappa shape index (κ2) is 5.00. The number of rotatable bonds is 3. The van der Waals surface area contributed by atoms with Gasteiger partial charge in [-0.15, -0.1) is 5.10 Å². The van der Waals surface area contributed by atoms with Crippen LogP contribution in [0.5, 0.6) is 0 Å². The van der Waals surface area contributed by atoms with Gasteiger partial charge in [-0.25, -0.2) is 9.31 Å². The van der Waals surface area contributed by atoms with Crippen molar-refractivity contribution in [1.82, 2.24) is 30.5 Å². The van der Waals surface area contributed by atoms with Gasteiger partial charge in [-0.2, -0.15) is 0 Å². The Bertz CT molecular complexity index is 779. The topological polar surface area (TPSA) is 138 Å². The summed E-state index contributed by atoms with van der Waals surface area (Å²) in [6, 6.07) is 5.30. The second-order valence-corrected chi connectivity index (χ2v) is 4.21. The molecule has 0 saturated heterocycles. The minimum Gasteiger partial charge on any atom is -0.379 e. The van der Waals surface area contributed by atoms with E-state index in [1.165, 1.54) is 11.0 Å². The summed E-state index contributed by atoms with van der Waals surface area (Å²) < 4.78 is 5.89. The molecule has 0 aliphatic rings. The van der Waals surface area contributed by atoms with Crippen molar-refractivity contribution in [1.29, 1.82) is 0 Å².